The van der Waals surface area contributed by atoms with Crippen LogP contribution in [0, 0.1) is 6.92 Å². The predicted octanol–water partition coefficient (Wildman–Crippen LogP) is 5.49. The number of ketones is 1. The zero-order valence-electron chi connectivity index (χ0n) is 17.5. The molecule has 1 spiro atoms. The highest BCUT2D eigenvalue weighted by Crippen LogP contribution is 2.44. The highest BCUT2D eigenvalue weighted by Gasteiger charge is 2.44. The van der Waals surface area contributed by atoms with E-state index in [9.17, 15) is 9.59 Å². The van der Waals surface area contributed by atoms with Crippen molar-refractivity contribution < 1.29 is 19.1 Å². The fraction of sp³-hybridized carbons (Fsp3) is 0.417. The van der Waals surface area contributed by atoms with Gasteiger partial charge in [-0.3, -0.25) is 9.59 Å². The third-order valence-electron chi connectivity index (χ3n) is 6.02. The Labute approximate surface area is 192 Å². The van der Waals surface area contributed by atoms with Gasteiger partial charge in [0.1, 0.15) is 17.1 Å². The molecule has 2 aliphatic heterocycles. The molecule has 2 heterocycles. The highest BCUT2D eigenvalue weighted by molar-refractivity contribution is 6.36. The second-order valence-electron chi connectivity index (χ2n) is 8.25. The first-order chi connectivity index (χ1) is 14.9. The van der Waals surface area contributed by atoms with E-state index in [4.69, 9.17) is 32.7 Å². The van der Waals surface area contributed by atoms with Gasteiger partial charge in [-0.25, -0.2) is 0 Å². The lowest BCUT2D eigenvalue weighted by atomic mass is 9.82. The van der Waals surface area contributed by atoms with E-state index in [2.05, 4.69) is 0 Å². The smallest absolute Gasteiger partial charge is 0.222 e. The van der Waals surface area contributed by atoms with Gasteiger partial charge in [0, 0.05) is 37.4 Å². The van der Waals surface area contributed by atoms with Crippen molar-refractivity contribution in [2.24, 2.45) is 0 Å². The number of carbonyl (C=O) groups excluding carboxylic acids is 2. The Balaban J connectivity index is 1.29. The minimum absolute atomic E-state index is 0.0150. The van der Waals surface area contributed by atoms with Crippen LogP contribution in [0.4, 0.5) is 0 Å². The molecule has 0 bridgehead atoms. The highest BCUT2D eigenvalue weighted by atomic mass is 35.5. The fourth-order valence-electron chi connectivity index (χ4n) is 4.24. The number of benzene rings is 2. The lowest BCUT2D eigenvalue weighted by molar-refractivity contribution is -0.135. The maximum atomic E-state index is 12.7. The first kappa shape index (κ1) is 22.0. The van der Waals surface area contributed by atoms with Gasteiger partial charge in [-0.1, -0.05) is 41.4 Å². The lowest BCUT2D eigenvalue weighted by Gasteiger charge is -2.44. The van der Waals surface area contributed by atoms with Crippen LogP contribution in [-0.4, -0.2) is 41.9 Å². The molecule has 7 heteroatoms. The van der Waals surface area contributed by atoms with Gasteiger partial charge >= 0.3 is 0 Å². The van der Waals surface area contributed by atoms with Crippen LogP contribution in [0.2, 0.25) is 10.0 Å². The van der Waals surface area contributed by atoms with Crippen LogP contribution in [0.3, 0.4) is 0 Å². The van der Waals surface area contributed by atoms with Crippen molar-refractivity contribution in [1.29, 1.82) is 0 Å². The van der Waals surface area contributed by atoms with E-state index >= 15 is 0 Å². The summed E-state index contributed by atoms with van der Waals surface area (Å²) >= 11 is 12.3. The summed E-state index contributed by atoms with van der Waals surface area (Å²) in [5.41, 5.74) is 0.920. The van der Waals surface area contributed by atoms with Gasteiger partial charge in [-0.2, -0.15) is 0 Å². The average molecular weight is 462 g/mol. The number of Topliss-reactive ketones (excluding diaryl/α,β-unsaturated/α-hetero) is 1. The van der Waals surface area contributed by atoms with Crippen molar-refractivity contribution in [2.45, 2.75) is 44.6 Å². The molecular formula is C24H25Cl2NO4. The summed E-state index contributed by atoms with van der Waals surface area (Å²) < 4.78 is 12.0. The van der Waals surface area contributed by atoms with Crippen molar-refractivity contribution in [1.82, 2.24) is 4.90 Å². The molecule has 2 aliphatic rings. The molecule has 31 heavy (non-hydrogen) atoms. The Bertz CT molecular complexity index is 999. The SMILES string of the molecule is Cc1ccccc1OCCCC(=O)N1CCC2(CC1)CC(=O)c1cc(Cl)cc(Cl)c1O2. The first-order valence-corrected chi connectivity index (χ1v) is 11.3. The normalized spacial score (nSPS) is 17.3. The number of piperidine rings is 1. The summed E-state index contributed by atoms with van der Waals surface area (Å²) in [6.07, 6.45) is 2.58. The average Bonchev–Trinajstić information content (AvgIpc) is 2.74. The quantitative estimate of drug-likeness (QED) is 0.552. The number of likely N-dealkylation sites (tertiary alicyclic amines) is 1. The molecule has 164 valence electrons. The molecule has 1 amide bonds. The van der Waals surface area contributed by atoms with Gasteiger partial charge in [-0.15, -0.1) is 0 Å². The third kappa shape index (κ3) is 4.83. The van der Waals surface area contributed by atoms with Crippen molar-refractivity contribution in [3.05, 3.63) is 57.6 Å². The van der Waals surface area contributed by atoms with E-state index in [1.807, 2.05) is 36.1 Å². The molecule has 0 N–H and O–H groups in total. The van der Waals surface area contributed by atoms with E-state index < -0.39 is 5.60 Å². The number of carbonyl (C=O) groups is 2. The van der Waals surface area contributed by atoms with Gasteiger partial charge < -0.3 is 14.4 Å². The number of para-hydroxylation sites is 1. The van der Waals surface area contributed by atoms with Gasteiger partial charge in [0.2, 0.25) is 5.91 Å². The summed E-state index contributed by atoms with van der Waals surface area (Å²) in [5, 5.41) is 0.769. The molecule has 0 aromatic heterocycles. The van der Waals surface area contributed by atoms with Gasteiger partial charge in [0.05, 0.1) is 23.6 Å². The number of ether oxygens (including phenoxy) is 2. The molecular weight excluding hydrogens is 437 g/mol. The molecule has 0 saturated carbocycles. The van der Waals surface area contributed by atoms with Gasteiger partial charge in [0.25, 0.3) is 0 Å². The molecule has 0 radical (unpaired) electrons. The Kier molecular flexibility index (Phi) is 6.44. The predicted molar refractivity (Wildman–Crippen MR) is 120 cm³/mol. The molecule has 2 aromatic rings. The summed E-state index contributed by atoms with van der Waals surface area (Å²) in [4.78, 5) is 27.2. The summed E-state index contributed by atoms with van der Waals surface area (Å²) in [6.45, 7) is 3.63. The van der Waals surface area contributed by atoms with E-state index in [0.29, 0.717) is 66.7 Å². The molecule has 1 saturated heterocycles. The maximum Gasteiger partial charge on any atom is 0.222 e. The third-order valence-corrected chi connectivity index (χ3v) is 6.52. The summed E-state index contributed by atoms with van der Waals surface area (Å²) in [6, 6.07) is 11.0. The Morgan fingerprint density at radius 2 is 1.94 bits per heavy atom. The largest absolute Gasteiger partial charge is 0.493 e. The molecule has 0 aliphatic carbocycles. The molecule has 5 nitrogen and oxygen atoms in total. The minimum Gasteiger partial charge on any atom is -0.493 e. The van der Waals surface area contributed by atoms with E-state index in [1.54, 1.807) is 12.1 Å². The van der Waals surface area contributed by atoms with Gasteiger partial charge in [-0.05, 0) is 37.1 Å². The van der Waals surface area contributed by atoms with Crippen molar-refractivity contribution in [2.75, 3.05) is 19.7 Å². The van der Waals surface area contributed by atoms with Crippen LogP contribution in [-0.2, 0) is 4.79 Å². The monoisotopic (exact) mass is 461 g/mol. The van der Waals surface area contributed by atoms with Crippen molar-refractivity contribution in [3.63, 3.8) is 0 Å². The maximum absolute atomic E-state index is 12.7. The number of fused-ring (bicyclic) bond motifs is 1. The van der Waals surface area contributed by atoms with Crippen LogP contribution < -0.4 is 9.47 Å². The number of rotatable bonds is 5. The topological polar surface area (TPSA) is 55.8 Å². The first-order valence-electron chi connectivity index (χ1n) is 10.5. The van der Waals surface area contributed by atoms with Crippen LogP contribution in [0.5, 0.6) is 11.5 Å². The molecule has 2 aromatic carbocycles. The molecule has 1 fully saturated rings. The van der Waals surface area contributed by atoms with Gasteiger partial charge in [0.15, 0.2) is 5.78 Å². The van der Waals surface area contributed by atoms with Crippen molar-refractivity contribution in [3.8, 4) is 11.5 Å². The number of amides is 1. The van der Waals surface area contributed by atoms with Crippen LogP contribution >= 0.6 is 23.2 Å². The Morgan fingerprint density at radius 1 is 1.19 bits per heavy atom. The number of nitrogens with zero attached hydrogens (tertiary/aromatic N) is 1. The van der Waals surface area contributed by atoms with E-state index in [-0.39, 0.29) is 18.1 Å². The Morgan fingerprint density at radius 3 is 2.68 bits per heavy atom. The Hall–Kier alpha value is -2.24. The number of hydrogen-bond donors (Lipinski definition) is 0. The van der Waals surface area contributed by atoms with E-state index in [1.165, 1.54) is 0 Å². The second kappa shape index (κ2) is 9.09. The number of aryl methyl sites for hydroxylation is 1. The number of hydrogen-bond acceptors (Lipinski definition) is 4. The van der Waals surface area contributed by atoms with Crippen LogP contribution in [0.15, 0.2) is 36.4 Å². The lowest BCUT2D eigenvalue weighted by Crippen LogP contribution is -2.52. The van der Waals surface area contributed by atoms with Crippen LogP contribution in [0.25, 0.3) is 0 Å². The fourth-order valence-corrected chi connectivity index (χ4v) is 4.77. The zero-order valence-corrected chi connectivity index (χ0v) is 19.0. The van der Waals surface area contributed by atoms with Crippen molar-refractivity contribution >= 4 is 34.9 Å². The minimum atomic E-state index is -0.605. The van der Waals surface area contributed by atoms with E-state index in [0.717, 1.165) is 11.3 Å². The molecule has 4 rings (SSSR count). The summed E-state index contributed by atoms with van der Waals surface area (Å²) in [5.74, 6) is 1.36. The zero-order chi connectivity index (χ0) is 22.0. The number of halogens is 2. The second-order valence-corrected chi connectivity index (χ2v) is 9.09. The molecule has 0 atom stereocenters. The van der Waals surface area contributed by atoms with Crippen LogP contribution in [0.1, 0.15) is 48.0 Å². The standard InChI is InChI=1S/C24H25Cl2NO4/c1-16-5-2-3-6-21(16)30-12-4-7-22(29)27-10-8-24(9-11-27)15-20(28)18-13-17(25)14-19(26)23(18)31-24/h2-3,5-6,13-14H,4,7-12,15H2,1H3. The summed E-state index contributed by atoms with van der Waals surface area (Å²) in [7, 11) is 0. The molecule has 0 unspecified atom stereocenters.